The van der Waals surface area contributed by atoms with Gasteiger partial charge in [0.25, 0.3) is 5.91 Å². The zero-order valence-corrected chi connectivity index (χ0v) is 16.5. The normalized spacial score (nSPS) is 15.3. The van der Waals surface area contributed by atoms with Crippen molar-refractivity contribution in [1.29, 1.82) is 0 Å². The number of ether oxygens (including phenoxy) is 3. The van der Waals surface area contributed by atoms with Crippen molar-refractivity contribution in [1.82, 2.24) is 5.32 Å². The highest BCUT2D eigenvalue weighted by molar-refractivity contribution is 5.83. The van der Waals surface area contributed by atoms with E-state index in [2.05, 4.69) is 17.4 Å². The molecule has 2 aromatic carbocycles. The van der Waals surface area contributed by atoms with Gasteiger partial charge in [-0.2, -0.15) is 0 Å². The first kappa shape index (κ1) is 19.3. The van der Waals surface area contributed by atoms with Crippen molar-refractivity contribution in [2.45, 2.75) is 51.7 Å². The number of rotatable bonds is 6. The van der Waals surface area contributed by atoms with Gasteiger partial charge < -0.3 is 19.5 Å². The molecule has 1 aliphatic heterocycles. The largest absolute Gasteiger partial charge is 0.454 e. The fourth-order valence-corrected chi connectivity index (χ4v) is 3.74. The molecule has 0 saturated heterocycles. The molecule has 1 N–H and O–H groups in total. The van der Waals surface area contributed by atoms with Crippen LogP contribution in [0.1, 0.15) is 42.0 Å². The Balaban J connectivity index is 1.26. The van der Waals surface area contributed by atoms with Crippen LogP contribution in [-0.4, -0.2) is 24.8 Å². The van der Waals surface area contributed by atoms with Gasteiger partial charge in [0.05, 0.1) is 6.42 Å². The molecule has 0 spiro atoms. The standard InChI is InChI=1S/C23H25NO5/c1-15(23(26)24-13-17-7-9-20-21(11-17)28-14-27-20)29-22(25)12-16-6-8-18-4-2-3-5-19(18)10-16/h6-11,15H,2-5,12-14H2,1H3,(H,24,26)/t15-/m0/s1. The predicted molar refractivity (Wildman–Crippen MR) is 107 cm³/mol. The van der Waals surface area contributed by atoms with Crippen molar-refractivity contribution < 1.29 is 23.8 Å². The lowest BCUT2D eigenvalue weighted by Gasteiger charge is -2.17. The first-order chi connectivity index (χ1) is 14.1. The van der Waals surface area contributed by atoms with Crippen molar-refractivity contribution in [3.63, 3.8) is 0 Å². The highest BCUT2D eigenvalue weighted by atomic mass is 16.7. The van der Waals surface area contributed by atoms with E-state index < -0.39 is 12.1 Å². The molecule has 0 saturated carbocycles. The van der Waals surface area contributed by atoms with Gasteiger partial charge in [-0.25, -0.2) is 0 Å². The average Bonchev–Trinajstić information content (AvgIpc) is 3.19. The molecule has 1 aliphatic carbocycles. The Labute approximate surface area is 170 Å². The predicted octanol–water partition coefficient (Wildman–Crippen LogP) is 3.08. The van der Waals surface area contributed by atoms with Crippen LogP contribution >= 0.6 is 0 Å². The van der Waals surface area contributed by atoms with Gasteiger partial charge >= 0.3 is 5.97 Å². The quantitative estimate of drug-likeness (QED) is 0.761. The smallest absolute Gasteiger partial charge is 0.311 e. The monoisotopic (exact) mass is 395 g/mol. The molecule has 2 aromatic rings. The molecular formula is C23H25NO5. The molecule has 152 valence electrons. The maximum Gasteiger partial charge on any atom is 0.311 e. The van der Waals surface area contributed by atoms with Crippen molar-refractivity contribution in [3.8, 4) is 11.5 Å². The third-order valence-corrected chi connectivity index (χ3v) is 5.34. The molecule has 0 unspecified atom stereocenters. The van der Waals surface area contributed by atoms with Crippen LogP contribution in [0.2, 0.25) is 0 Å². The summed E-state index contributed by atoms with van der Waals surface area (Å²) < 4.78 is 15.9. The van der Waals surface area contributed by atoms with Crippen LogP contribution in [0.3, 0.4) is 0 Å². The van der Waals surface area contributed by atoms with Gasteiger partial charge in [0.15, 0.2) is 17.6 Å². The number of carbonyl (C=O) groups excluding carboxylic acids is 2. The van der Waals surface area contributed by atoms with Crippen LogP contribution < -0.4 is 14.8 Å². The molecule has 1 amide bonds. The van der Waals surface area contributed by atoms with E-state index in [0.29, 0.717) is 18.0 Å². The van der Waals surface area contributed by atoms with Gasteiger partial charge in [-0.15, -0.1) is 0 Å². The minimum atomic E-state index is -0.853. The first-order valence-electron chi connectivity index (χ1n) is 10.0. The highest BCUT2D eigenvalue weighted by Crippen LogP contribution is 2.32. The highest BCUT2D eigenvalue weighted by Gasteiger charge is 2.19. The Morgan fingerprint density at radius 3 is 2.62 bits per heavy atom. The van der Waals surface area contributed by atoms with Gasteiger partial charge in [-0.1, -0.05) is 24.3 Å². The lowest BCUT2D eigenvalue weighted by molar-refractivity contribution is -0.154. The Morgan fingerprint density at radius 1 is 1.00 bits per heavy atom. The van der Waals surface area contributed by atoms with Crippen molar-refractivity contribution in [3.05, 3.63) is 58.7 Å². The van der Waals surface area contributed by atoms with Crippen molar-refractivity contribution >= 4 is 11.9 Å². The first-order valence-corrected chi connectivity index (χ1v) is 10.0. The minimum Gasteiger partial charge on any atom is -0.454 e. The van der Waals surface area contributed by atoms with E-state index in [1.807, 2.05) is 24.3 Å². The van der Waals surface area contributed by atoms with Crippen LogP contribution in [-0.2, 0) is 40.1 Å². The van der Waals surface area contributed by atoms with Gasteiger partial charge in [0, 0.05) is 6.54 Å². The Hall–Kier alpha value is -3.02. The number of carbonyl (C=O) groups is 2. The van der Waals surface area contributed by atoms with E-state index in [1.54, 1.807) is 6.92 Å². The van der Waals surface area contributed by atoms with Gasteiger partial charge in [0.1, 0.15) is 0 Å². The molecule has 1 heterocycles. The van der Waals surface area contributed by atoms with Crippen LogP contribution in [0.5, 0.6) is 11.5 Å². The number of aryl methyl sites for hydroxylation is 2. The van der Waals surface area contributed by atoms with Crippen LogP contribution in [0, 0.1) is 0 Å². The minimum absolute atomic E-state index is 0.174. The molecule has 6 nitrogen and oxygen atoms in total. The maximum atomic E-state index is 12.3. The summed E-state index contributed by atoms with van der Waals surface area (Å²) in [6.45, 7) is 2.12. The molecule has 2 aliphatic rings. The van der Waals surface area contributed by atoms with Gasteiger partial charge in [-0.3, -0.25) is 9.59 Å². The van der Waals surface area contributed by atoms with Crippen molar-refractivity contribution in [2.75, 3.05) is 6.79 Å². The van der Waals surface area contributed by atoms with Crippen molar-refractivity contribution in [2.24, 2.45) is 0 Å². The lowest BCUT2D eigenvalue weighted by Crippen LogP contribution is -2.35. The second-order valence-corrected chi connectivity index (χ2v) is 7.52. The molecular weight excluding hydrogens is 370 g/mol. The Kier molecular flexibility index (Phi) is 5.69. The van der Waals surface area contributed by atoms with Crippen LogP contribution in [0.15, 0.2) is 36.4 Å². The van der Waals surface area contributed by atoms with Crippen LogP contribution in [0.25, 0.3) is 0 Å². The Morgan fingerprint density at radius 2 is 1.76 bits per heavy atom. The maximum absolute atomic E-state index is 12.3. The number of hydrogen-bond donors (Lipinski definition) is 1. The summed E-state index contributed by atoms with van der Waals surface area (Å²) in [5.74, 6) is 0.638. The second-order valence-electron chi connectivity index (χ2n) is 7.52. The molecule has 0 bridgehead atoms. The third kappa shape index (κ3) is 4.70. The summed E-state index contributed by atoms with van der Waals surface area (Å²) in [6, 6.07) is 11.7. The summed E-state index contributed by atoms with van der Waals surface area (Å²) in [5, 5.41) is 2.79. The molecule has 6 heteroatoms. The molecule has 0 radical (unpaired) electrons. The van der Waals surface area contributed by atoms with Crippen LogP contribution in [0.4, 0.5) is 0 Å². The number of benzene rings is 2. The van der Waals surface area contributed by atoms with Gasteiger partial charge in [0.2, 0.25) is 6.79 Å². The summed E-state index contributed by atoms with van der Waals surface area (Å²) >= 11 is 0. The van der Waals surface area contributed by atoms with E-state index in [4.69, 9.17) is 14.2 Å². The summed E-state index contributed by atoms with van der Waals surface area (Å²) in [5.41, 5.74) is 4.53. The molecule has 0 fully saturated rings. The summed E-state index contributed by atoms with van der Waals surface area (Å²) in [4.78, 5) is 24.6. The van der Waals surface area contributed by atoms with E-state index in [0.717, 1.165) is 24.0 Å². The van der Waals surface area contributed by atoms with E-state index >= 15 is 0 Å². The fraction of sp³-hybridized carbons (Fsp3) is 0.391. The van der Waals surface area contributed by atoms with Gasteiger partial charge in [-0.05, 0) is 67.0 Å². The van der Waals surface area contributed by atoms with E-state index in [9.17, 15) is 9.59 Å². The zero-order valence-electron chi connectivity index (χ0n) is 16.5. The number of hydrogen-bond acceptors (Lipinski definition) is 5. The number of amides is 1. The SMILES string of the molecule is C[C@H](OC(=O)Cc1ccc2c(c1)CCCC2)C(=O)NCc1ccc2c(c1)OCO2. The Bertz CT molecular complexity index is 923. The molecule has 4 rings (SSSR count). The molecule has 0 aromatic heterocycles. The number of fused-ring (bicyclic) bond motifs is 2. The summed E-state index contributed by atoms with van der Waals surface area (Å²) in [7, 11) is 0. The average molecular weight is 395 g/mol. The van der Waals surface area contributed by atoms with E-state index in [-0.39, 0.29) is 19.1 Å². The lowest BCUT2D eigenvalue weighted by atomic mass is 9.90. The van der Waals surface area contributed by atoms with E-state index in [1.165, 1.54) is 24.0 Å². The fourth-order valence-electron chi connectivity index (χ4n) is 3.74. The number of esters is 1. The molecule has 1 atom stereocenters. The zero-order chi connectivity index (χ0) is 20.2. The third-order valence-electron chi connectivity index (χ3n) is 5.34. The topological polar surface area (TPSA) is 73.9 Å². The molecule has 29 heavy (non-hydrogen) atoms. The number of nitrogens with one attached hydrogen (secondary N) is 1. The second kappa shape index (κ2) is 8.55. The summed E-state index contributed by atoms with van der Waals surface area (Å²) in [6.07, 6.45) is 3.92.